The van der Waals surface area contributed by atoms with Crippen molar-refractivity contribution in [1.82, 2.24) is 0 Å². The number of para-hydroxylation sites is 1. The molecule has 0 saturated heterocycles. The van der Waals surface area contributed by atoms with Crippen molar-refractivity contribution in [2.45, 2.75) is 6.92 Å². The molecular weight excluding hydrogens is 224 g/mol. The predicted octanol–water partition coefficient (Wildman–Crippen LogP) is 2.33. The zero-order chi connectivity index (χ0) is 12.3. The lowest BCUT2D eigenvalue weighted by atomic mass is 10.2. The Kier molecular flexibility index (Phi) is 3.09. The molecule has 1 aromatic carbocycles. The fourth-order valence-electron chi connectivity index (χ4n) is 1.36. The van der Waals surface area contributed by atoms with Crippen molar-refractivity contribution in [2.24, 2.45) is 0 Å². The summed E-state index contributed by atoms with van der Waals surface area (Å²) in [6, 6.07) is 7.81. The van der Waals surface area contributed by atoms with Crippen LogP contribution in [0.2, 0.25) is 0 Å². The molecule has 0 bridgehead atoms. The number of carbonyl (C=O) groups is 1. The Morgan fingerprint density at radius 3 is 2.88 bits per heavy atom. The van der Waals surface area contributed by atoms with Crippen molar-refractivity contribution in [1.29, 1.82) is 0 Å². The number of benzene rings is 1. The lowest BCUT2D eigenvalue weighted by molar-refractivity contribution is 0.0951. The summed E-state index contributed by atoms with van der Waals surface area (Å²) in [6.07, 6.45) is -0.897. The second kappa shape index (κ2) is 4.69. The number of rotatable bonds is 2. The molecular formula is C12H10O5. The van der Waals surface area contributed by atoms with Crippen molar-refractivity contribution in [3.05, 3.63) is 40.6 Å². The van der Waals surface area contributed by atoms with E-state index >= 15 is 0 Å². The summed E-state index contributed by atoms with van der Waals surface area (Å²) in [5, 5.41) is 0.434. The molecule has 0 fully saturated rings. The molecule has 0 N–H and O–H groups in total. The van der Waals surface area contributed by atoms with E-state index in [2.05, 4.69) is 4.74 Å². The minimum atomic E-state index is -0.897. The zero-order valence-electron chi connectivity index (χ0n) is 9.14. The van der Waals surface area contributed by atoms with E-state index in [0.29, 0.717) is 11.0 Å². The van der Waals surface area contributed by atoms with Crippen LogP contribution in [0.5, 0.6) is 5.95 Å². The Morgan fingerprint density at radius 1 is 1.35 bits per heavy atom. The highest BCUT2D eigenvalue weighted by Crippen LogP contribution is 2.17. The average Bonchev–Trinajstić information content (AvgIpc) is 2.29. The highest BCUT2D eigenvalue weighted by Gasteiger charge is 2.10. The molecule has 88 valence electrons. The molecule has 5 nitrogen and oxygen atoms in total. The number of hydrogen-bond donors (Lipinski definition) is 0. The van der Waals surface area contributed by atoms with Crippen molar-refractivity contribution in [3.8, 4) is 5.95 Å². The first kappa shape index (κ1) is 11.2. The predicted molar refractivity (Wildman–Crippen MR) is 60.1 cm³/mol. The summed E-state index contributed by atoms with van der Waals surface area (Å²) in [7, 11) is 0. The molecule has 1 aromatic heterocycles. The van der Waals surface area contributed by atoms with Gasteiger partial charge < -0.3 is 13.9 Å². The first-order valence-corrected chi connectivity index (χ1v) is 5.08. The summed E-state index contributed by atoms with van der Waals surface area (Å²) >= 11 is 0. The zero-order valence-corrected chi connectivity index (χ0v) is 9.14. The lowest BCUT2D eigenvalue weighted by Gasteiger charge is -2.03. The molecule has 2 aromatic rings. The van der Waals surface area contributed by atoms with Crippen LogP contribution in [-0.4, -0.2) is 12.8 Å². The monoisotopic (exact) mass is 234 g/mol. The molecule has 0 atom stereocenters. The highest BCUT2D eigenvalue weighted by molar-refractivity contribution is 5.76. The van der Waals surface area contributed by atoms with Gasteiger partial charge in [0.05, 0.1) is 18.1 Å². The molecule has 0 unspecified atom stereocenters. The van der Waals surface area contributed by atoms with Crippen LogP contribution in [-0.2, 0) is 4.74 Å². The fourth-order valence-corrected chi connectivity index (χ4v) is 1.36. The van der Waals surface area contributed by atoms with Crippen LogP contribution < -0.4 is 10.2 Å². The number of fused-ring (bicyclic) bond motifs is 1. The minimum Gasteiger partial charge on any atom is -0.434 e. The highest BCUT2D eigenvalue weighted by atomic mass is 16.8. The van der Waals surface area contributed by atoms with Crippen molar-refractivity contribution < 1.29 is 18.7 Å². The second-order valence-electron chi connectivity index (χ2n) is 3.21. The van der Waals surface area contributed by atoms with Crippen LogP contribution in [0.25, 0.3) is 11.0 Å². The third kappa shape index (κ3) is 2.44. The molecule has 0 amide bonds. The quantitative estimate of drug-likeness (QED) is 0.746. The fraction of sp³-hybridized carbons (Fsp3) is 0.167. The molecule has 0 aliphatic rings. The minimum absolute atomic E-state index is 0.174. The average molecular weight is 234 g/mol. The van der Waals surface area contributed by atoms with Gasteiger partial charge in [0, 0.05) is 0 Å². The molecule has 17 heavy (non-hydrogen) atoms. The van der Waals surface area contributed by atoms with Crippen molar-refractivity contribution in [3.63, 3.8) is 0 Å². The maximum atomic E-state index is 11.6. The molecule has 2 rings (SSSR count). The van der Waals surface area contributed by atoms with Crippen LogP contribution in [0.3, 0.4) is 0 Å². The number of ether oxygens (including phenoxy) is 2. The molecule has 0 spiro atoms. The van der Waals surface area contributed by atoms with E-state index in [0.717, 1.165) is 6.07 Å². The summed E-state index contributed by atoms with van der Waals surface area (Å²) in [4.78, 5) is 22.7. The molecule has 0 aliphatic carbocycles. The first-order chi connectivity index (χ1) is 8.20. The maximum absolute atomic E-state index is 11.6. The van der Waals surface area contributed by atoms with Gasteiger partial charge in [0.2, 0.25) is 0 Å². The van der Waals surface area contributed by atoms with Crippen LogP contribution in [0.4, 0.5) is 4.79 Å². The van der Waals surface area contributed by atoms with Gasteiger partial charge in [-0.25, -0.2) is 4.79 Å². The van der Waals surface area contributed by atoms with Crippen LogP contribution in [0, 0.1) is 0 Å². The van der Waals surface area contributed by atoms with Gasteiger partial charge in [0.15, 0.2) is 5.43 Å². The van der Waals surface area contributed by atoms with E-state index < -0.39 is 6.16 Å². The van der Waals surface area contributed by atoms with E-state index in [1.807, 2.05) is 0 Å². The first-order valence-electron chi connectivity index (χ1n) is 5.08. The molecule has 0 saturated carbocycles. The van der Waals surface area contributed by atoms with E-state index in [1.165, 1.54) is 0 Å². The molecule has 0 aliphatic heterocycles. The summed E-state index contributed by atoms with van der Waals surface area (Å²) in [6.45, 7) is 1.84. The Morgan fingerprint density at radius 2 is 2.12 bits per heavy atom. The standard InChI is InChI=1S/C12H10O5/c1-2-15-12(14)17-11-7-9(13)8-5-3-4-6-10(8)16-11/h3-7H,2H2,1H3. The van der Waals surface area contributed by atoms with Gasteiger partial charge in [-0.15, -0.1) is 0 Å². The van der Waals surface area contributed by atoms with Gasteiger partial charge in [-0.2, -0.15) is 0 Å². The normalized spacial score (nSPS) is 10.2. The Hall–Kier alpha value is -2.30. The summed E-state index contributed by atoms with van der Waals surface area (Å²) in [5.74, 6) is -0.174. The SMILES string of the molecule is CCOC(=O)Oc1cc(=O)c2ccccc2o1. The van der Waals surface area contributed by atoms with Crippen LogP contribution >= 0.6 is 0 Å². The smallest absolute Gasteiger partial charge is 0.434 e. The Labute approximate surface area is 96.6 Å². The van der Waals surface area contributed by atoms with Crippen molar-refractivity contribution >= 4 is 17.1 Å². The Balaban J connectivity index is 2.37. The number of carbonyl (C=O) groups excluding carboxylic acids is 1. The molecule has 0 radical (unpaired) electrons. The van der Waals surface area contributed by atoms with E-state index in [4.69, 9.17) is 9.15 Å². The third-order valence-corrected chi connectivity index (χ3v) is 2.06. The maximum Gasteiger partial charge on any atom is 0.516 e. The summed E-state index contributed by atoms with van der Waals surface area (Å²) in [5.41, 5.74) is 0.0884. The van der Waals surface area contributed by atoms with Crippen molar-refractivity contribution in [2.75, 3.05) is 6.61 Å². The number of hydrogen-bond acceptors (Lipinski definition) is 5. The van der Waals surface area contributed by atoms with Gasteiger partial charge in [-0.3, -0.25) is 4.79 Å². The van der Waals surface area contributed by atoms with Crippen LogP contribution in [0.15, 0.2) is 39.5 Å². The van der Waals surface area contributed by atoms with E-state index in [1.54, 1.807) is 31.2 Å². The largest absolute Gasteiger partial charge is 0.516 e. The van der Waals surface area contributed by atoms with Gasteiger partial charge >= 0.3 is 6.16 Å². The van der Waals surface area contributed by atoms with E-state index in [9.17, 15) is 9.59 Å². The van der Waals surface area contributed by atoms with Gasteiger partial charge in [0.1, 0.15) is 5.58 Å². The lowest BCUT2D eigenvalue weighted by Crippen LogP contribution is -2.11. The van der Waals surface area contributed by atoms with E-state index in [-0.39, 0.29) is 18.0 Å². The Bertz CT molecular complexity index is 599. The third-order valence-electron chi connectivity index (χ3n) is 2.06. The van der Waals surface area contributed by atoms with Gasteiger partial charge in [-0.05, 0) is 19.1 Å². The van der Waals surface area contributed by atoms with Gasteiger partial charge in [0.25, 0.3) is 5.95 Å². The molecule has 5 heteroatoms. The second-order valence-corrected chi connectivity index (χ2v) is 3.21. The van der Waals surface area contributed by atoms with Crippen LogP contribution in [0.1, 0.15) is 6.92 Å². The summed E-state index contributed by atoms with van der Waals surface area (Å²) < 4.78 is 14.5. The topological polar surface area (TPSA) is 65.7 Å². The molecule has 1 heterocycles. The van der Waals surface area contributed by atoms with Gasteiger partial charge in [-0.1, -0.05) is 12.1 Å².